The summed E-state index contributed by atoms with van der Waals surface area (Å²) >= 11 is 7.87. The van der Waals surface area contributed by atoms with E-state index in [-0.39, 0.29) is 0 Å². The molecule has 0 saturated heterocycles. The molecule has 1 fully saturated rings. The van der Waals surface area contributed by atoms with E-state index in [9.17, 15) is 0 Å². The number of benzene rings is 1. The Kier molecular flexibility index (Phi) is 3.94. The molecule has 0 spiro atoms. The molecule has 1 heterocycles. The highest BCUT2D eigenvalue weighted by Gasteiger charge is 2.21. The van der Waals surface area contributed by atoms with Crippen LogP contribution in [-0.2, 0) is 0 Å². The lowest BCUT2D eigenvalue weighted by atomic mass is 9.84. The van der Waals surface area contributed by atoms with Crippen LogP contribution in [0.2, 0.25) is 5.02 Å². The molecule has 1 saturated carbocycles. The van der Waals surface area contributed by atoms with Crippen molar-refractivity contribution in [2.24, 2.45) is 5.92 Å². The Morgan fingerprint density at radius 2 is 2.32 bits per heavy atom. The summed E-state index contributed by atoms with van der Waals surface area (Å²) < 4.78 is 1.09. The van der Waals surface area contributed by atoms with Crippen LogP contribution in [0.5, 0.6) is 0 Å². The molecule has 1 aromatic carbocycles. The quantitative estimate of drug-likeness (QED) is 0.827. The number of anilines is 1. The molecule has 0 aliphatic heterocycles. The summed E-state index contributed by atoms with van der Waals surface area (Å²) in [6, 6.07) is 6.50. The van der Waals surface area contributed by atoms with E-state index in [4.69, 9.17) is 11.6 Å². The highest BCUT2D eigenvalue weighted by molar-refractivity contribution is 7.22. The lowest BCUT2D eigenvalue weighted by molar-refractivity contribution is 0.327. The summed E-state index contributed by atoms with van der Waals surface area (Å²) in [6.45, 7) is 2.30. The maximum Gasteiger partial charge on any atom is 0.184 e. The summed E-state index contributed by atoms with van der Waals surface area (Å²) in [6.07, 6.45) is 6.56. The molecule has 102 valence electrons. The predicted octanol–water partition coefficient (Wildman–Crippen LogP) is 5.33. The van der Waals surface area contributed by atoms with E-state index in [2.05, 4.69) is 17.2 Å². The van der Waals surface area contributed by atoms with Crippen molar-refractivity contribution in [3.05, 3.63) is 23.2 Å². The van der Waals surface area contributed by atoms with Gasteiger partial charge in [-0.1, -0.05) is 55.2 Å². The van der Waals surface area contributed by atoms with Crippen molar-refractivity contribution in [1.29, 1.82) is 0 Å². The molecule has 2 atom stereocenters. The minimum Gasteiger partial charge on any atom is -0.359 e. The third kappa shape index (κ3) is 2.87. The van der Waals surface area contributed by atoms with Crippen LogP contribution in [0.4, 0.5) is 5.13 Å². The molecule has 2 unspecified atom stereocenters. The number of rotatable bonds is 3. The molecule has 2 nitrogen and oxygen atoms in total. The zero-order valence-electron chi connectivity index (χ0n) is 11.2. The smallest absolute Gasteiger partial charge is 0.184 e. The van der Waals surface area contributed by atoms with Crippen LogP contribution in [0.25, 0.3) is 10.2 Å². The molecule has 4 heteroatoms. The van der Waals surface area contributed by atoms with Crippen molar-refractivity contribution in [3.8, 4) is 0 Å². The van der Waals surface area contributed by atoms with Gasteiger partial charge >= 0.3 is 0 Å². The van der Waals surface area contributed by atoms with E-state index in [0.29, 0.717) is 6.04 Å². The number of aromatic nitrogens is 1. The molecule has 1 aliphatic carbocycles. The monoisotopic (exact) mass is 294 g/mol. The fourth-order valence-electron chi connectivity index (χ4n) is 2.94. The number of hydrogen-bond acceptors (Lipinski definition) is 3. The highest BCUT2D eigenvalue weighted by Crippen LogP contribution is 2.34. The Balaban J connectivity index is 1.76. The van der Waals surface area contributed by atoms with E-state index < -0.39 is 0 Å². The Morgan fingerprint density at radius 3 is 3.11 bits per heavy atom. The van der Waals surface area contributed by atoms with Gasteiger partial charge in [0.1, 0.15) is 0 Å². The van der Waals surface area contributed by atoms with Gasteiger partial charge in [0.05, 0.1) is 15.2 Å². The van der Waals surface area contributed by atoms with Crippen LogP contribution < -0.4 is 5.32 Å². The van der Waals surface area contributed by atoms with E-state index in [1.54, 1.807) is 11.3 Å². The van der Waals surface area contributed by atoms with Crippen molar-refractivity contribution in [1.82, 2.24) is 4.98 Å². The van der Waals surface area contributed by atoms with Crippen LogP contribution in [0.1, 0.15) is 39.0 Å². The number of thiazole rings is 1. The number of halogens is 1. The van der Waals surface area contributed by atoms with Gasteiger partial charge < -0.3 is 5.32 Å². The third-order valence-corrected chi connectivity index (χ3v) is 5.52. The molecule has 0 radical (unpaired) electrons. The van der Waals surface area contributed by atoms with Crippen LogP contribution in [0.15, 0.2) is 18.2 Å². The van der Waals surface area contributed by atoms with Gasteiger partial charge in [-0.2, -0.15) is 0 Å². The summed E-state index contributed by atoms with van der Waals surface area (Å²) in [5.74, 6) is 0.879. The van der Waals surface area contributed by atoms with Gasteiger partial charge in [-0.15, -0.1) is 0 Å². The van der Waals surface area contributed by atoms with Crippen molar-refractivity contribution in [2.45, 2.75) is 45.1 Å². The van der Waals surface area contributed by atoms with E-state index in [0.717, 1.165) is 26.3 Å². The topological polar surface area (TPSA) is 24.9 Å². The Bertz CT molecular complexity index is 566. The number of fused-ring (bicyclic) bond motifs is 1. The van der Waals surface area contributed by atoms with E-state index >= 15 is 0 Å². The van der Waals surface area contributed by atoms with Gasteiger partial charge in [-0.05, 0) is 30.9 Å². The van der Waals surface area contributed by atoms with Crippen molar-refractivity contribution in [2.75, 3.05) is 5.32 Å². The van der Waals surface area contributed by atoms with Crippen LogP contribution in [0.3, 0.4) is 0 Å². The Morgan fingerprint density at radius 1 is 1.42 bits per heavy atom. The normalized spacial score (nSPS) is 23.7. The van der Waals surface area contributed by atoms with E-state index in [1.165, 1.54) is 32.1 Å². The summed E-state index contributed by atoms with van der Waals surface area (Å²) in [5.41, 5.74) is 1.00. The first kappa shape index (κ1) is 13.2. The fraction of sp³-hybridized carbons (Fsp3) is 0.533. The maximum atomic E-state index is 6.20. The van der Waals surface area contributed by atoms with Crippen molar-refractivity contribution >= 4 is 38.3 Å². The second-order valence-corrected chi connectivity index (χ2v) is 6.80. The average Bonchev–Trinajstić information content (AvgIpc) is 2.83. The molecule has 19 heavy (non-hydrogen) atoms. The second kappa shape index (κ2) is 5.68. The predicted molar refractivity (Wildman–Crippen MR) is 84.3 cm³/mol. The van der Waals surface area contributed by atoms with Crippen LogP contribution in [0, 0.1) is 5.92 Å². The largest absolute Gasteiger partial charge is 0.359 e. The maximum absolute atomic E-state index is 6.20. The molecule has 2 aromatic rings. The first-order valence-corrected chi connectivity index (χ1v) is 8.27. The summed E-state index contributed by atoms with van der Waals surface area (Å²) in [7, 11) is 0. The zero-order chi connectivity index (χ0) is 13.2. The fourth-order valence-corrected chi connectivity index (χ4v) is 4.18. The first-order chi connectivity index (χ1) is 9.26. The van der Waals surface area contributed by atoms with Gasteiger partial charge in [0.2, 0.25) is 0 Å². The summed E-state index contributed by atoms with van der Waals surface area (Å²) in [5, 5.41) is 5.43. The van der Waals surface area contributed by atoms with Crippen LogP contribution >= 0.6 is 22.9 Å². The molecule has 1 aliphatic rings. The number of hydrogen-bond donors (Lipinski definition) is 1. The summed E-state index contributed by atoms with van der Waals surface area (Å²) in [4.78, 5) is 4.64. The van der Waals surface area contributed by atoms with Crippen molar-refractivity contribution < 1.29 is 0 Å². The first-order valence-electron chi connectivity index (χ1n) is 7.08. The molecule has 0 amide bonds. The molecule has 3 rings (SSSR count). The third-order valence-electron chi connectivity index (χ3n) is 4.05. The number of nitrogens with zero attached hydrogens (tertiary/aromatic N) is 1. The minimum absolute atomic E-state index is 0.582. The van der Waals surface area contributed by atoms with Crippen molar-refractivity contribution in [3.63, 3.8) is 0 Å². The van der Waals surface area contributed by atoms with Crippen LogP contribution in [-0.4, -0.2) is 11.0 Å². The molecular weight excluding hydrogens is 276 g/mol. The number of nitrogens with one attached hydrogen (secondary N) is 1. The standard InChI is InChI=1S/C15H19ClN2S/c1-2-10-5-3-6-11(9-10)17-15-18-13-8-4-7-12(16)14(13)19-15/h4,7-8,10-11H,2-3,5-6,9H2,1H3,(H,17,18). The zero-order valence-corrected chi connectivity index (χ0v) is 12.7. The molecule has 1 N–H and O–H groups in total. The van der Waals surface area contributed by atoms with Gasteiger partial charge in [0, 0.05) is 6.04 Å². The van der Waals surface area contributed by atoms with E-state index in [1.807, 2.05) is 18.2 Å². The van der Waals surface area contributed by atoms with Gasteiger partial charge in [-0.25, -0.2) is 4.98 Å². The second-order valence-electron chi connectivity index (χ2n) is 5.39. The molecular formula is C15H19ClN2S. The van der Waals surface area contributed by atoms with Gasteiger partial charge in [0.15, 0.2) is 5.13 Å². The Labute approximate surface area is 123 Å². The molecule has 0 bridgehead atoms. The minimum atomic E-state index is 0.582. The SMILES string of the molecule is CCC1CCCC(Nc2nc3cccc(Cl)c3s2)C1. The average molecular weight is 295 g/mol. The van der Waals surface area contributed by atoms with Gasteiger partial charge in [0.25, 0.3) is 0 Å². The lowest BCUT2D eigenvalue weighted by Crippen LogP contribution is -2.26. The van der Waals surface area contributed by atoms with Gasteiger partial charge in [-0.3, -0.25) is 0 Å². The lowest BCUT2D eigenvalue weighted by Gasteiger charge is -2.28. The molecule has 1 aromatic heterocycles. The highest BCUT2D eigenvalue weighted by atomic mass is 35.5. The Hall–Kier alpha value is -0.800.